The molecule has 11 heteroatoms. The fourth-order valence-corrected chi connectivity index (χ4v) is 3.50. The zero-order valence-corrected chi connectivity index (χ0v) is 19.7. The molecule has 2 heterocycles. The Morgan fingerprint density at radius 2 is 2.06 bits per heavy atom. The van der Waals surface area contributed by atoms with Crippen molar-refractivity contribution < 1.29 is 24.5 Å². The van der Waals surface area contributed by atoms with Crippen molar-refractivity contribution in [1.82, 2.24) is 9.97 Å². The van der Waals surface area contributed by atoms with Gasteiger partial charge in [-0.2, -0.15) is 4.99 Å². The summed E-state index contributed by atoms with van der Waals surface area (Å²) in [6, 6.07) is 2.65. The smallest absolute Gasteiger partial charge is 0.281 e. The molecule has 2 aromatic heterocycles. The van der Waals surface area contributed by atoms with Gasteiger partial charge in [-0.05, 0) is 55.3 Å². The fraction of sp³-hybridized carbons (Fsp3) is 0.375. The molecule has 4 rings (SSSR count). The maximum absolute atomic E-state index is 13.4. The number of halogens is 2. The molecule has 0 bridgehead atoms. The highest BCUT2D eigenvalue weighted by Gasteiger charge is 2.24. The number of hydrogen-bond acceptors (Lipinski definition) is 7. The standard InChI is InChI=1S/C24H23F2N5O3S.H2/c1-33-19-11-29-18(22(25)26)8-16(19)15-9-21(34-12-14-4-5-14)30-10-17(15)23(32)31-24(28)35-20(27)7-6-13-2-3-13;/h8-11,13-14,22,27H,2-5,12H2,1H3,(H2,28,31,32);1H. The molecular weight excluding hydrogens is 476 g/mol. The van der Waals surface area contributed by atoms with E-state index < -0.39 is 18.0 Å². The lowest BCUT2D eigenvalue weighted by atomic mass is 10.0. The van der Waals surface area contributed by atoms with Gasteiger partial charge in [0.2, 0.25) is 5.88 Å². The maximum Gasteiger partial charge on any atom is 0.281 e. The third-order valence-electron chi connectivity index (χ3n) is 5.28. The van der Waals surface area contributed by atoms with Crippen LogP contribution < -0.4 is 15.2 Å². The van der Waals surface area contributed by atoms with Crippen molar-refractivity contribution in [1.29, 1.82) is 5.41 Å². The summed E-state index contributed by atoms with van der Waals surface area (Å²) in [5, 5.41) is 7.70. The van der Waals surface area contributed by atoms with Crippen molar-refractivity contribution in [2.75, 3.05) is 13.7 Å². The molecule has 0 aromatic carbocycles. The first kappa shape index (κ1) is 24.6. The Hall–Kier alpha value is -3.52. The normalized spacial score (nSPS) is 15.4. The van der Waals surface area contributed by atoms with Gasteiger partial charge >= 0.3 is 0 Å². The number of hydrogen-bond donors (Lipinski definition) is 2. The molecule has 0 unspecified atom stereocenters. The summed E-state index contributed by atoms with van der Waals surface area (Å²) >= 11 is 0.767. The van der Waals surface area contributed by atoms with Crippen molar-refractivity contribution in [2.45, 2.75) is 32.1 Å². The molecule has 1 amide bonds. The number of carbonyl (C=O) groups is 1. The van der Waals surface area contributed by atoms with Crippen LogP contribution in [0.5, 0.6) is 11.6 Å². The van der Waals surface area contributed by atoms with Crippen LogP contribution in [-0.4, -0.2) is 39.8 Å². The third kappa shape index (κ3) is 6.76. The number of alkyl halides is 2. The molecule has 2 fully saturated rings. The van der Waals surface area contributed by atoms with E-state index >= 15 is 0 Å². The first-order chi connectivity index (χ1) is 16.8. The summed E-state index contributed by atoms with van der Waals surface area (Å²) in [4.78, 5) is 24.8. The Balaban J connectivity index is 0.00000361. The Morgan fingerprint density at radius 3 is 2.71 bits per heavy atom. The number of amides is 1. The number of thioether (sulfide) groups is 1. The molecule has 184 valence electrons. The third-order valence-corrected chi connectivity index (χ3v) is 5.89. The SMILES string of the molecule is COc1cnc(C(F)F)cc1-c1cc(OCC2CC2)ncc1C(=O)N=C(N)SC(=N)C#CC1CC1.[HH]. The van der Waals surface area contributed by atoms with Crippen LogP contribution in [0.15, 0.2) is 29.5 Å². The number of nitrogens with two attached hydrogens (primary N) is 1. The van der Waals surface area contributed by atoms with E-state index in [0.717, 1.165) is 43.5 Å². The van der Waals surface area contributed by atoms with E-state index in [2.05, 4.69) is 26.8 Å². The van der Waals surface area contributed by atoms with Crippen molar-refractivity contribution in [3.63, 3.8) is 0 Å². The molecule has 0 spiro atoms. The lowest BCUT2D eigenvalue weighted by molar-refractivity contribution is 0.100. The predicted molar refractivity (Wildman–Crippen MR) is 131 cm³/mol. The highest BCUT2D eigenvalue weighted by atomic mass is 32.2. The van der Waals surface area contributed by atoms with E-state index in [4.69, 9.17) is 20.6 Å². The summed E-state index contributed by atoms with van der Waals surface area (Å²) in [5.41, 5.74) is 5.85. The molecule has 0 atom stereocenters. The van der Waals surface area contributed by atoms with Crippen LogP contribution in [0.1, 0.15) is 49.6 Å². The van der Waals surface area contributed by atoms with E-state index in [1.54, 1.807) is 0 Å². The quantitative estimate of drug-likeness (QED) is 0.320. The van der Waals surface area contributed by atoms with E-state index in [-0.39, 0.29) is 40.0 Å². The van der Waals surface area contributed by atoms with E-state index in [9.17, 15) is 13.6 Å². The number of aromatic nitrogens is 2. The number of ether oxygens (including phenoxy) is 2. The van der Waals surface area contributed by atoms with Crippen LogP contribution in [-0.2, 0) is 0 Å². The lowest BCUT2D eigenvalue weighted by Gasteiger charge is -2.14. The summed E-state index contributed by atoms with van der Waals surface area (Å²) in [6.45, 7) is 0.473. The Morgan fingerprint density at radius 1 is 1.29 bits per heavy atom. The number of nitrogens with one attached hydrogen (secondary N) is 1. The molecule has 0 radical (unpaired) electrons. The molecule has 0 aliphatic heterocycles. The summed E-state index contributed by atoms with van der Waals surface area (Å²) in [7, 11) is 1.37. The Bertz CT molecular complexity index is 1240. The molecular formula is C24H25F2N5O3S. The summed E-state index contributed by atoms with van der Waals surface area (Å²) in [6.07, 6.45) is 3.81. The first-order valence-corrected chi connectivity index (χ1v) is 11.8. The molecule has 2 aliphatic carbocycles. The average molecular weight is 502 g/mol. The molecule has 2 saturated carbocycles. The van der Waals surface area contributed by atoms with Gasteiger partial charge in [-0.25, -0.2) is 13.8 Å². The van der Waals surface area contributed by atoms with Crippen molar-refractivity contribution in [3.05, 3.63) is 35.8 Å². The minimum Gasteiger partial charge on any atom is -0.494 e. The van der Waals surface area contributed by atoms with Gasteiger partial charge in [0, 0.05) is 30.7 Å². The monoisotopic (exact) mass is 501 g/mol. The molecule has 2 aromatic rings. The molecule has 8 nitrogen and oxygen atoms in total. The van der Waals surface area contributed by atoms with Crippen molar-refractivity contribution in [3.8, 4) is 34.6 Å². The van der Waals surface area contributed by atoms with Gasteiger partial charge in [0.05, 0.1) is 25.5 Å². The van der Waals surface area contributed by atoms with Gasteiger partial charge in [0.25, 0.3) is 12.3 Å². The van der Waals surface area contributed by atoms with Crippen LogP contribution in [0.2, 0.25) is 0 Å². The molecule has 3 N–H and O–H groups in total. The zero-order chi connectivity index (χ0) is 24.9. The van der Waals surface area contributed by atoms with E-state index in [1.165, 1.54) is 25.6 Å². The van der Waals surface area contributed by atoms with Gasteiger partial charge in [0.15, 0.2) is 5.17 Å². The Labute approximate surface area is 206 Å². The number of aliphatic imine (C=N–C) groups is 1. The van der Waals surface area contributed by atoms with Crippen LogP contribution >= 0.6 is 11.8 Å². The van der Waals surface area contributed by atoms with Gasteiger partial charge in [0.1, 0.15) is 16.5 Å². The molecule has 0 saturated heterocycles. The minimum absolute atomic E-state index is 0. The number of amidine groups is 1. The summed E-state index contributed by atoms with van der Waals surface area (Å²) < 4.78 is 37.8. The van der Waals surface area contributed by atoms with Gasteiger partial charge in [-0.3, -0.25) is 15.2 Å². The average Bonchev–Trinajstić information content (AvgIpc) is 3.75. The molecule has 2 aliphatic rings. The van der Waals surface area contributed by atoms with Crippen LogP contribution in [0.3, 0.4) is 0 Å². The number of methoxy groups -OCH3 is 1. The van der Waals surface area contributed by atoms with Gasteiger partial charge in [-0.1, -0.05) is 5.92 Å². The van der Waals surface area contributed by atoms with Gasteiger partial charge in [-0.15, -0.1) is 0 Å². The maximum atomic E-state index is 13.4. The highest BCUT2D eigenvalue weighted by Crippen LogP contribution is 2.37. The lowest BCUT2D eigenvalue weighted by Crippen LogP contribution is -2.13. The number of pyridine rings is 2. The second kappa shape index (κ2) is 10.8. The number of rotatable bonds is 7. The van der Waals surface area contributed by atoms with Crippen LogP contribution in [0.4, 0.5) is 8.78 Å². The largest absolute Gasteiger partial charge is 0.494 e. The molecule has 35 heavy (non-hydrogen) atoms. The van der Waals surface area contributed by atoms with E-state index in [0.29, 0.717) is 18.4 Å². The minimum atomic E-state index is -2.82. The van der Waals surface area contributed by atoms with Crippen LogP contribution in [0, 0.1) is 29.1 Å². The number of nitrogens with zero attached hydrogens (tertiary/aromatic N) is 3. The zero-order valence-electron chi connectivity index (χ0n) is 18.9. The van der Waals surface area contributed by atoms with Crippen molar-refractivity contribution >= 4 is 27.9 Å². The first-order valence-electron chi connectivity index (χ1n) is 11.0. The predicted octanol–water partition coefficient (Wildman–Crippen LogP) is 4.70. The fourth-order valence-electron chi connectivity index (χ4n) is 3.06. The highest BCUT2D eigenvalue weighted by molar-refractivity contribution is 8.26. The second-order valence-corrected chi connectivity index (χ2v) is 9.19. The van der Waals surface area contributed by atoms with Crippen molar-refractivity contribution in [2.24, 2.45) is 22.6 Å². The van der Waals surface area contributed by atoms with Crippen LogP contribution in [0.25, 0.3) is 11.1 Å². The Kier molecular flexibility index (Phi) is 7.60. The second-order valence-electron chi connectivity index (χ2n) is 8.16. The number of carbonyl (C=O) groups excluding carboxylic acids is 1. The van der Waals surface area contributed by atoms with E-state index in [1.807, 2.05) is 0 Å². The topological polar surface area (TPSA) is 124 Å². The summed E-state index contributed by atoms with van der Waals surface area (Å²) in [5.74, 6) is 6.08. The van der Waals surface area contributed by atoms with Gasteiger partial charge < -0.3 is 15.2 Å².